The Morgan fingerprint density at radius 2 is 1.84 bits per heavy atom. The summed E-state index contributed by atoms with van der Waals surface area (Å²) in [6.45, 7) is 2.16. The highest BCUT2D eigenvalue weighted by Crippen LogP contribution is 2.36. The molecule has 1 aliphatic rings. The molecule has 0 radical (unpaired) electrons. The largest absolute Gasteiger partial charge is 0.389 e. The normalized spacial score (nSPS) is 16.5. The fourth-order valence-corrected chi connectivity index (χ4v) is 2.79. The fourth-order valence-electron chi connectivity index (χ4n) is 2.79. The van der Waals surface area contributed by atoms with E-state index in [2.05, 4.69) is 5.32 Å². The first-order valence-corrected chi connectivity index (χ1v) is 7.23. The van der Waals surface area contributed by atoms with Crippen LogP contribution in [0, 0.1) is 15.9 Å². The molecule has 1 N–H and O–H groups in total. The zero-order valence-corrected chi connectivity index (χ0v) is 14.7. The van der Waals surface area contributed by atoms with Crippen molar-refractivity contribution in [2.24, 2.45) is 0 Å². The van der Waals surface area contributed by atoms with Crippen LogP contribution in [-0.2, 0) is 0 Å². The quantitative estimate of drug-likeness (QED) is 0.457. The van der Waals surface area contributed by atoms with E-state index < -0.39 is 35.1 Å². The van der Waals surface area contributed by atoms with E-state index in [1.807, 2.05) is 0 Å². The molecule has 1 aromatic rings. The molecular formula is C14H19Cl2F4N3O2. The van der Waals surface area contributed by atoms with E-state index in [4.69, 9.17) is 0 Å². The van der Waals surface area contributed by atoms with Gasteiger partial charge in [0.1, 0.15) is 5.82 Å². The smallest absolute Gasteiger partial charge is 0.314 e. The topological polar surface area (TPSA) is 58.4 Å². The van der Waals surface area contributed by atoms with Crippen LogP contribution in [-0.4, -0.2) is 42.2 Å². The molecule has 0 unspecified atom stereocenters. The van der Waals surface area contributed by atoms with Crippen LogP contribution in [0.15, 0.2) is 18.2 Å². The number of halogens is 6. The van der Waals surface area contributed by atoms with Crippen LogP contribution in [0.2, 0.25) is 0 Å². The summed E-state index contributed by atoms with van der Waals surface area (Å²) in [5.74, 6) is -0.782. The zero-order chi connectivity index (χ0) is 17.0. The molecule has 1 heterocycles. The minimum Gasteiger partial charge on any atom is -0.314 e. The predicted octanol–water partition coefficient (Wildman–Crippen LogP) is 3.87. The van der Waals surface area contributed by atoms with Crippen LogP contribution in [0.3, 0.4) is 0 Å². The molecule has 0 amide bonds. The number of nitrogens with one attached hydrogen (secondary N) is 1. The Morgan fingerprint density at radius 3 is 2.36 bits per heavy atom. The highest BCUT2D eigenvalue weighted by molar-refractivity contribution is 5.85. The Bertz CT molecular complexity index is 569. The number of benzene rings is 1. The van der Waals surface area contributed by atoms with Crippen LogP contribution in [0.5, 0.6) is 0 Å². The third-order valence-corrected chi connectivity index (χ3v) is 3.84. The summed E-state index contributed by atoms with van der Waals surface area (Å²) in [6.07, 6.45) is -5.69. The van der Waals surface area contributed by atoms with Gasteiger partial charge in [0, 0.05) is 44.2 Å². The molecule has 0 saturated carbocycles. The lowest BCUT2D eigenvalue weighted by Gasteiger charge is -2.35. The third kappa shape index (κ3) is 6.93. The SMILES string of the molecule is Cl.Cl.O=[N+]([O-])c1cc(F)ccc1[C@H](CCC(F)(F)F)N1CCNCC1. The van der Waals surface area contributed by atoms with Gasteiger partial charge in [0.15, 0.2) is 0 Å². The molecule has 2 rings (SSSR count). The van der Waals surface area contributed by atoms with Crippen molar-refractivity contribution < 1.29 is 22.5 Å². The molecule has 0 aromatic heterocycles. The first kappa shape index (κ1) is 23.8. The molecule has 1 saturated heterocycles. The van der Waals surface area contributed by atoms with E-state index >= 15 is 0 Å². The molecule has 1 aliphatic heterocycles. The van der Waals surface area contributed by atoms with Crippen molar-refractivity contribution in [3.8, 4) is 0 Å². The first-order chi connectivity index (χ1) is 10.8. The Kier molecular flexibility index (Phi) is 9.63. The summed E-state index contributed by atoms with van der Waals surface area (Å²) in [4.78, 5) is 12.2. The lowest BCUT2D eigenvalue weighted by Crippen LogP contribution is -2.45. The molecule has 11 heteroatoms. The molecule has 1 aromatic carbocycles. The van der Waals surface area contributed by atoms with E-state index in [0.29, 0.717) is 26.2 Å². The van der Waals surface area contributed by atoms with Crippen LogP contribution >= 0.6 is 24.8 Å². The van der Waals surface area contributed by atoms with E-state index in [1.165, 1.54) is 6.07 Å². The van der Waals surface area contributed by atoms with E-state index in [0.717, 1.165) is 12.1 Å². The number of nitro groups is 1. The fraction of sp³-hybridized carbons (Fsp3) is 0.571. The van der Waals surface area contributed by atoms with Crippen molar-refractivity contribution in [2.75, 3.05) is 26.2 Å². The van der Waals surface area contributed by atoms with Crippen molar-refractivity contribution >= 4 is 30.5 Å². The summed E-state index contributed by atoms with van der Waals surface area (Å²) in [5.41, 5.74) is -0.349. The molecule has 5 nitrogen and oxygen atoms in total. The average molecular weight is 408 g/mol. The summed E-state index contributed by atoms with van der Waals surface area (Å²) >= 11 is 0. The highest BCUT2D eigenvalue weighted by atomic mass is 35.5. The zero-order valence-electron chi connectivity index (χ0n) is 13.1. The maximum absolute atomic E-state index is 13.3. The highest BCUT2D eigenvalue weighted by Gasteiger charge is 2.34. The van der Waals surface area contributed by atoms with Gasteiger partial charge in [-0.1, -0.05) is 0 Å². The van der Waals surface area contributed by atoms with Crippen molar-refractivity contribution in [1.82, 2.24) is 10.2 Å². The Balaban J connectivity index is 0.00000288. The number of piperazine rings is 1. The van der Waals surface area contributed by atoms with Crippen molar-refractivity contribution in [2.45, 2.75) is 25.1 Å². The number of hydrogen-bond donors (Lipinski definition) is 1. The van der Waals surface area contributed by atoms with Crippen molar-refractivity contribution in [3.63, 3.8) is 0 Å². The standard InChI is InChI=1S/C14H17F4N3O2.2ClH/c15-10-1-2-11(13(9-10)21(22)23)12(3-4-14(16,17)18)20-7-5-19-6-8-20;;/h1-2,9,12,19H,3-8H2;2*1H/t12-;;/m0../s1. The van der Waals surface area contributed by atoms with Crippen LogP contribution in [0.1, 0.15) is 24.4 Å². The summed E-state index contributed by atoms with van der Waals surface area (Å²) in [6, 6.07) is 2.26. The molecule has 0 aliphatic carbocycles. The number of nitro benzene ring substituents is 1. The van der Waals surface area contributed by atoms with Gasteiger partial charge < -0.3 is 5.32 Å². The Morgan fingerprint density at radius 1 is 1.24 bits per heavy atom. The minimum absolute atomic E-state index is 0. The van der Waals surface area contributed by atoms with Gasteiger partial charge in [0.2, 0.25) is 0 Å². The molecule has 1 atom stereocenters. The molecule has 144 valence electrons. The third-order valence-electron chi connectivity index (χ3n) is 3.84. The minimum atomic E-state index is -4.35. The van der Waals surface area contributed by atoms with Crippen LogP contribution in [0.4, 0.5) is 23.2 Å². The van der Waals surface area contributed by atoms with Crippen molar-refractivity contribution in [1.29, 1.82) is 0 Å². The molecule has 25 heavy (non-hydrogen) atoms. The van der Waals surface area contributed by atoms with Gasteiger partial charge >= 0.3 is 6.18 Å². The molecular weight excluding hydrogens is 389 g/mol. The van der Waals surface area contributed by atoms with Crippen LogP contribution in [0.25, 0.3) is 0 Å². The van der Waals surface area contributed by atoms with Crippen LogP contribution < -0.4 is 5.32 Å². The van der Waals surface area contributed by atoms with Gasteiger partial charge in [-0.15, -0.1) is 24.8 Å². The van der Waals surface area contributed by atoms with Gasteiger partial charge in [0.25, 0.3) is 5.69 Å². The maximum Gasteiger partial charge on any atom is 0.389 e. The van der Waals surface area contributed by atoms with Gasteiger partial charge in [-0.2, -0.15) is 13.2 Å². The second-order valence-corrected chi connectivity index (χ2v) is 5.42. The second-order valence-electron chi connectivity index (χ2n) is 5.42. The number of alkyl halides is 3. The summed E-state index contributed by atoms with van der Waals surface area (Å²) < 4.78 is 51.1. The molecule has 0 spiro atoms. The Hall–Kier alpha value is -1.16. The lowest BCUT2D eigenvalue weighted by molar-refractivity contribution is -0.386. The van der Waals surface area contributed by atoms with E-state index in [1.54, 1.807) is 4.90 Å². The Labute approximate surface area is 154 Å². The van der Waals surface area contributed by atoms with Gasteiger partial charge in [-0.25, -0.2) is 4.39 Å². The predicted molar refractivity (Wildman–Crippen MR) is 90.0 cm³/mol. The average Bonchev–Trinajstić information content (AvgIpc) is 2.48. The summed E-state index contributed by atoms with van der Waals surface area (Å²) in [5, 5.41) is 14.2. The monoisotopic (exact) mass is 407 g/mol. The number of rotatable bonds is 5. The lowest BCUT2D eigenvalue weighted by atomic mass is 9.97. The van der Waals surface area contributed by atoms with Gasteiger partial charge in [-0.3, -0.25) is 15.0 Å². The van der Waals surface area contributed by atoms with Gasteiger partial charge in [0.05, 0.1) is 11.0 Å². The number of hydrogen-bond acceptors (Lipinski definition) is 4. The van der Waals surface area contributed by atoms with E-state index in [9.17, 15) is 27.7 Å². The molecule has 0 bridgehead atoms. The maximum atomic E-state index is 13.3. The van der Waals surface area contributed by atoms with Gasteiger partial charge in [-0.05, 0) is 18.6 Å². The summed E-state index contributed by atoms with van der Waals surface area (Å²) in [7, 11) is 0. The second kappa shape index (κ2) is 10.1. The molecule has 1 fully saturated rings. The van der Waals surface area contributed by atoms with E-state index in [-0.39, 0.29) is 36.8 Å². The van der Waals surface area contributed by atoms with Crippen molar-refractivity contribution in [3.05, 3.63) is 39.7 Å². The first-order valence-electron chi connectivity index (χ1n) is 7.23. The number of nitrogens with zero attached hydrogens (tertiary/aromatic N) is 2.